The van der Waals surface area contributed by atoms with Crippen molar-refractivity contribution in [2.24, 2.45) is 0 Å². The average Bonchev–Trinajstić information content (AvgIpc) is 2.33. The molecule has 0 bridgehead atoms. The third-order valence-corrected chi connectivity index (χ3v) is 2.79. The third-order valence-electron chi connectivity index (χ3n) is 2.79. The maximum atomic E-state index is 11.5. The second-order valence-electron chi connectivity index (χ2n) is 4.55. The predicted molar refractivity (Wildman–Crippen MR) is 84.1 cm³/mol. The summed E-state index contributed by atoms with van der Waals surface area (Å²) in [6, 6.07) is -1.11. The molecule has 0 aromatic carbocycles. The van der Waals surface area contributed by atoms with Crippen molar-refractivity contribution in [2.45, 2.75) is 64.3 Å². The van der Waals surface area contributed by atoms with E-state index in [1.165, 1.54) is 0 Å². The van der Waals surface area contributed by atoms with E-state index in [0.717, 1.165) is 32.1 Å². The molecule has 0 rings (SSSR count). The zero-order chi connectivity index (χ0) is 14.7. The Kier molecular flexibility index (Phi) is 21.0. The van der Waals surface area contributed by atoms with E-state index < -0.39 is 18.0 Å². The average molecular weight is 321 g/mol. The molecule has 0 heterocycles. The molecule has 0 aliphatic heterocycles. The number of carboxylic acid groups (broad SMARTS) is 2. The van der Waals surface area contributed by atoms with Gasteiger partial charge in [0, 0.05) is 12.8 Å². The number of amides is 1. The van der Waals surface area contributed by atoms with Crippen LogP contribution < -0.4 is 5.32 Å². The second-order valence-corrected chi connectivity index (χ2v) is 4.55. The Labute approximate surface area is 170 Å². The van der Waals surface area contributed by atoms with Gasteiger partial charge >= 0.3 is 71.1 Å². The fourth-order valence-electron chi connectivity index (χ4n) is 1.68. The van der Waals surface area contributed by atoms with E-state index in [1.54, 1.807) is 0 Å². The first kappa shape index (κ1) is 26.3. The molecule has 0 spiro atoms. The zero-order valence-corrected chi connectivity index (χ0v) is 11.4. The SMILES string of the molecule is CCCCCCCC(=O)N[C@@H](CCC(=O)O)C(=O)O.[NaH].[NaH]. The molecule has 0 saturated heterocycles. The number of nitrogens with one attached hydrogen (secondary N) is 1. The van der Waals surface area contributed by atoms with Gasteiger partial charge in [0.1, 0.15) is 6.04 Å². The van der Waals surface area contributed by atoms with E-state index in [9.17, 15) is 14.4 Å². The summed E-state index contributed by atoms with van der Waals surface area (Å²) < 4.78 is 0. The quantitative estimate of drug-likeness (QED) is 0.379. The fraction of sp³-hybridized carbons (Fsp3) is 0.769. The van der Waals surface area contributed by atoms with E-state index in [1.807, 2.05) is 0 Å². The van der Waals surface area contributed by atoms with Gasteiger partial charge < -0.3 is 15.5 Å². The van der Waals surface area contributed by atoms with Crippen LogP contribution in [0.3, 0.4) is 0 Å². The van der Waals surface area contributed by atoms with E-state index in [4.69, 9.17) is 10.2 Å². The van der Waals surface area contributed by atoms with Crippen molar-refractivity contribution >= 4 is 77.0 Å². The summed E-state index contributed by atoms with van der Waals surface area (Å²) in [5.41, 5.74) is 0. The van der Waals surface area contributed by atoms with Crippen molar-refractivity contribution in [3.8, 4) is 0 Å². The first-order valence-corrected chi connectivity index (χ1v) is 6.71. The monoisotopic (exact) mass is 321 g/mol. The van der Waals surface area contributed by atoms with Crippen LogP contribution in [0.25, 0.3) is 0 Å². The van der Waals surface area contributed by atoms with Gasteiger partial charge in [-0.25, -0.2) is 4.79 Å². The van der Waals surface area contributed by atoms with E-state index >= 15 is 0 Å². The number of rotatable bonds is 11. The van der Waals surface area contributed by atoms with Crippen LogP contribution in [-0.4, -0.2) is 93.2 Å². The number of hydrogen-bond donors (Lipinski definition) is 3. The number of unbranched alkanes of at least 4 members (excludes halogenated alkanes) is 4. The molecular weight excluding hydrogens is 296 g/mol. The molecule has 0 aliphatic carbocycles. The molecule has 0 aliphatic rings. The molecule has 6 nitrogen and oxygen atoms in total. The molecule has 1 atom stereocenters. The predicted octanol–water partition coefficient (Wildman–Crippen LogP) is 0.484. The first-order chi connectivity index (χ1) is 8.97. The van der Waals surface area contributed by atoms with Crippen molar-refractivity contribution in [2.75, 3.05) is 0 Å². The zero-order valence-electron chi connectivity index (χ0n) is 11.4. The van der Waals surface area contributed by atoms with Crippen LogP contribution in [0.5, 0.6) is 0 Å². The fourth-order valence-corrected chi connectivity index (χ4v) is 1.68. The van der Waals surface area contributed by atoms with Gasteiger partial charge in [-0.2, -0.15) is 0 Å². The minimum absolute atomic E-state index is 0. The Morgan fingerprint density at radius 3 is 2.00 bits per heavy atom. The Balaban J connectivity index is -0.00000162. The van der Waals surface area contributed by atoms with Crippen LogP contribution in [0.2, 0.25) is 0 Å². The topological polar surface area (TPSA) is 104 Å². The van der Waals surface area contributed by atoms with E-state index in [0.29, 0.717) is 6.42 Å². The van der Waals surface area contributed by atoms with Gasteiger partial charge in [0.25, 0.3) is 0 Å². The molecule has 8 heteroatoms. The van der Waals surface area contributed by atoms with E-state index in [-0.39, 0.29) is 77.9 Å². The molecular formula is C13H25NNa2O5. The Morgan fingerprint density at radius 2 is 1.52 bits per heavy atom. The molecule has 0 aromatic heterocycles. The summed E-state index contributed by atoms with van der Waals surface area (Å²) >= 11 is 0. The number of carbonyl (C=O) groups is 3. The molecule has 0 unspecified atom stereocenters. The first-order valence-electron chi connectivity index (χ1n) is 6.71. The van der Waals surface area contributed by atoms with Crippen LogP contribution in [0, 0.1) is 0 Å². The van der Waals surface area contributed by atoms with Gasteiger partial charge in [0.2, 0.25) is 5.91 Å². The van der Waals surface area contributed by atoms with Gasteiger partial charge in [-0.15, -0.1) is 0 Å². The maximum absolute atomic E-state index is 11.5. The number of carboxylic acids is 2. The van der Waals surface area contributed by atoms with Crippen LogP contribution in [-0.2, 0) is 14.4 Å². The van der Waals surface area contributed by atoms with Gasteiger partial charge in [0.15, 0.2) is 0 Å². The summed E-state index contributed by atoms with van der Waals surface area (Å²) in [7, 11) is 0. The molecule has 0 saturated carbocycles. The molecule has 0 fully saturated rings. The summed E-state index contributed by atoms with van der Waals surface area (Å²) in [6.07, 6.45) is 4.96. The summed E-state index contributed by atoms with van der Waals surface area (Å²) in [4.78, 5) is 32.7. The summed E-state index contributed by atoms with van der Waals surface area (Å²) in [5.74, 6) is -2.59. The van der Waals surface area contributed by atoms with Crippen LogP contribution >= 0.6 is 0 Å². The molecule has 1 amide bonds. The van der Waals surface area contributed by atoms with Crippen LogP contribution in [0.1, 0.15) is 58.3 Å². The molecule has 114 valence electrons. The number of aliphatic carboxylic acids is 2. The Hall–Kier alpha value is 0.410. The number of carbonyl (C=O) groups excluding carboxylic acids is 1. The van der Waals surface area contributed by atoms with Gasteiger partial charge in [-0.3, -0.25) is 9.59 Å². The molecule has 21 heavy (non-hydrogen) atoms. The van der Waals surface area contributed by atoms with Crippen molar-refractivity contribution in [1.82, 2.24) is 5.32 Å². The van der Waals surface area contributed by atoms with Crippen LogP contribution in [0.4, 0.5) is 0 Å². The van der Waals surface area contributed by atoms with Crippen molar-refractivity contribution in [1.29, 1.82) is 0 Å². The Morgan fingerprint density at radius 1 is 0.952 bits per heavy atom. The second kappa shape index (κ2) is 16.8. The van der Waals surface area contributed by atoms with Crippen molar-refractivity contribution in [3.05, 3.63) is 0 Å². The van der Waals surface area contributed by atoms with Gasteiger partial charge in [0.05, 0.1) is 0 Å². The normalized spacial score (nSPS) is 10.7. The summed E-state index contributed by atoms with van der Waals surface area (Å²) in [5, 5.41) is 19.7. The molecule has 3 N–H and O–H groups in total. The molecule has 0 radical (unpaired) electrons. The Bertz CT molecular complexity index is 313. The third kappa shape index (κ3) is 16.6. The molecule has 0 aromatic rings. The van der Waals surface area contributed by atoms with Crippen molar-refractivity contribution in [3.63, 3.8) is 0 Å². The van der Waals surface area contributed by atoms with Gasteiger partial charge in [-0.05, 0) is 12.8 Å². The van der Waals surface area contributed by atoms with Crippen LogP contribution in [0.15, 0.2) is 0 Å². The number of hydrogen-bond acceptors (Lipinski definition) is 3. The minimum atomic E-state index is -1.19. The summed E-state index contributed by atoms with van der Waals surface area (Å²) in [6.45, 7) is 2.10. The standard InChI is InChI=1S/C13H23NO5.2Na.2H/c1-2-3-4-5-6-7-11(15)14-10(13(18)19)8-9-12(16)17;;;;/h10H,2-9H2,1H3,(H,14,15)(H,16,17)(H,18,19);;;;/t10-;;;;/m0..../s1. The van der Waals surface area contributed by atoms with Gasteiger partial charge in [-0.1, -0.05) is 32.6 Å². The van der Waals surface area contributed by atoms with Crippen molar-refractivity contribution < 1.29 is 24.6 Å². The van der Waals surface area contributed by atoms with E-state index in [2.05, 4.69) is 12.2 Å².